The number of rotatable bonds is 3. The molecule has 1 aliphatic rings. The molecule has 0 unspecified atom stereocenters. The number of hydrogen-bond donors (Lipinski definition) is 2. The molecule has 0 radical (unpaired) electrons. The van der Waals surface area contributed by atoms with Crippen molar-refractivity contribution in [3.05, 3.63) is 34.3 Å². The van der Waals surface area contributed by atoms with E-state index < -0.39 is 6.04 Å². The molecular formula is C11H9BrN2O2S. The highest BCUT2D eigenvalue weighted by Gasteiger charge is 2.29. The van der Waals surface area contributed by atoms with E-state index in [1.807, 2.05) is 0 Å². The first-order chi connectivity index (χ1) is 8.06. The summed E-state index contributed by atoms with van der Waals surface area (Å²) in [5, 5.41) is 5.49. The van der Waals surface area contributed by atoms with Crippen molar-refractivity contribution < 1.29 is 9.59 Å². The van der Waals surface area contributed by atoms with Gasteiger partial charge in [0.1, 0.15) is 6.04 Å². The Bertz CT molecular complexity index is 487. The molecular weight excluding hydrogens is 304 g/mol. The Balaban J connectivity index is 2.04. The van der Waals surface area contributed by atoms with Crippen LogP contribution in [0.5, 0.6) is 0 Å². The van der Waals surface area contributed by atoms with E-state index in [-0.39, 0.29) is 23.2 Å². The molecule has 2 N–H and O–H groups in total. The van der Waals surface area contributed by atoms with Gasteiger partial charge in [-0.1, -0.05) is 28.1 Å². The maximum absolute atomic E-state index is 11.9. The lowest BCUT2D eigenvalue weighted by Crippen LogP contribution is -2.31. The Morgan fingerprint density at radius 2 is 2.00 bits per heavy atom. The van der Waals surface area contributed by atoms with Gasteiger partial charge in [0.25, 0.3) is 0 Å². The van der Waals surface area contributed by atoms with Crippen molar-refractivity contribution in [1.29, 1.82) is 0 Å². The summed E-state index contributed by atoms with van der Waals surface area (Å²) in [5.74, 6) is -0.338. The van der Waals surface area contributed by atoms with Crippen LogP contribution in [0.4, 0.5) is 0 Å². The van der Waals surface area contributed by atoms with Gasteiger partial charge in [-0.3, -0.25) is 9.59 Å². The van der Waals surface area contributed by atoms with E-state index in [1.165, 1.54) is 0 Å². The molecule has 1 aromatic rings. The van der Waals surface area contributed by atoms with Crippen LogP contribution in [0.25, 0.3) is 0 Å². The number of carbonyl (C=O) groups is 2. The average Bonchev–Trinajstić information content (AvgIpc) is 2.58. The molecule has 2 rings (SSSR count). The van der Waals surface area contributed by atoms with Gasteiger partial charge in [0.15, 0.2) is 10.9 Å². The second-order valence-corrected chi connectivity index (χ2v) is 4.97. The summed E-state index contributed by atoms with van der Waals surface area (Å²) in [6, 6.07) is 6.47. The number of Topliss-reactive ketones (excluding diaryl/α,β-unsaturated/α-hetero) is 1. The number of amides is 1. The highest BCUT2D eigenvalue weighted by atomic mass is 79.9. The van der Waals surface area contributed by atoms with E-state index in [1.54, 1.807) is 24.3 Å². The average molecular weight is 313 g/mol. The minimum Gasteiger partial charge on any atom is -0.350 e. The van der Waals surface area contributed by atoms with Gasteiger partial charge >= 0.3 is 0 Å². The fourth-order valence-electron chi connectivity index (χ4n) is 1.54. The maximum Gasteiger partial charge on any atom is 0.249 e. The zero-order valence-electron chi connectivity index (χ0n) is 8.70. The van der Waals surface area contributed by atoms with Crippen LogP contribution in [0, 0.1) is 0 Å². The van der Waals surface area contributed by atoms with Crippen LogP contribution in [0.3, 0.4) is 0 Å². The second kappa shape index (κ2) is 4.93. The van der Waals surface area contributed by atoms with E-state index in [2.05, 4.69) is 26.6 Å². The van der Waals surface area contributed by atoms with Crippen LogP contribution >= 0.6 is 28.1 Å². The van der Waals surface area contributed by atoms with E-state index in [9.17, 15) is 9.59 Å². The van der Waals surface area contributed by atoms with Crippen molar-refractivity contribution >= 4 is 45.0 Å². The third-order valence-electron chi connectivity index (χ3n) is 2.41. The molecule has 1 fully saturated rings. The molecule has 88 valence electrons. The number of ketones is 1. The third kappa shape index (κ3) is 2.89. The molecule has 1 amide bonds. The summed E-state index contributed by atoms with van der Waals surface area (Å²) >= 11 is 8.09. The Morgan fingerprint density at radius 1 is 1.35 bits per heavy atom. The number of thiocarbonyl (C=S) groups is 1. The minimum absolute atomic E-state index is 0.0881. The van der Waals surface area contributed by atoms with E-state index in [0.29, 0.717) is 5.56 Å². The number of nitrogens with one attached hydrogen (secondary N) is 2. The topological polar surface area (TPSA) is 58.2 Å². The Labute approximate surface area is 112 Å². The quantitative estimate of drug-likeness (QED) is 0.654. The van der Waals surface area contributed by atoms with Crippen LogP contribution in [-0.2, 0) is 4.79 Å². The Kier molecular flexibility index (Phi) is 3.54. The van der Waals surface area contributed by atoms with Crippen molar-refractivity contribution in [2.45, 2.75) is 12.5 Å². The Hall–Kier alpha value is -1.27. The molecule has 0 spiro atoms. The third-order valence-corrected chi connectivity index (χ3v) is 3.16. The monoisotopic (exact) mass is 312 g/mol. The lowest BCUT2D eigenvalue weighted by atomic mass is 10.0. The molecule has 1 saturated heterocycles. The van der Waals surface area contributed by atoms with Gasteiger partial charge < -0.3 is 10.6 Å². The van der Waals surface area contributed by atoms with Crippen molar-refractivity contribution in [2.24, 2.45) is 0 Å². The molecule has 0 bridgehead atoms. The highest BCUT2D eigenvalue weighted by Crippen LogP contribution is 2.13. The molecule has 1 atom stereocenters. The van der Waals surface area contributed by atoms with Crippen LogP contribution in [0.15, 0.2) is 28.7 Å². The van der Waals surface area contributed by atoms with Crippen molar-refractivity contribution in [2.75, 3.05) is 0 Å². The van der Waals surface area contributed by atoms with Gasteiger partial charge in [-0.25, -0.2) is 0 Å². The van der Waals surface area contributed by atoms with E-state index in [0.717, 1.165) is 4.47 Å². The zero-order chi connectivity index (χ0) is 12.4. The predicted octanol–water partition coefficient (Wildman–Crippen LogP) is 1.39. The standard InChI is InChI=1S/C11H9BrN2O2S/c12-7-3-1-6(2-4-7)9(15)5-8-10(16)14-11(17)13-8/h1-4,8H,5H2,(H2,13,14,16,17)/t8-/m1/s1. The highest BCUT2D eigenvalue weighted by molar-refractivity contribution is 9.10. The molecule has 1 aliphatic heterocycles. The zero-order valence-corrected chi connectivity index (χ0v) is 11.1. The van der Waals surface area contributed by atoms with Crippen LogP contribution in [-0.4, -0.2) is 22.8 Å². The predicted molar refractivity (Wildman–Crippen MR) is 70.8 cm³/mol. The number of benzene rings is 1. The molecule has 0 aromatic heterocycles. The van der Waals surface area contributed by atoms with Crippen LogP contribution in [0.1, 0.15) is 16.8 Å². The van der Waals surface area contributed by atoms with Gasteiger partial charge in [-0.15, -0.1) is 0 Å². The van der Waals surface area contributed by atoms with Crippen molar-refractivity contribution in [3.63, 3.8) is 0 Å². The maximum atomic E-state index is 11.9. The molecule has 4 nitrogen and oxygen atoms in total. The molecule has 1 heterocycles. The SMILES string of the molecule is O=C(C[C@H]1NC(=S)NC1=O)c1ccc(Br)cc1. The van der Waals surface area contributed by atoms with Crippen LogP contribution in [0.2, 0.25) is 0 Å². The molecule has 17 heavy (non-hydrogen) atoms. The van der Waals surface area contributed by atoms with Crippen molar-refractivity contribution in [3.8, 4) is 0 Å². The molecule has 1 aromatic carbocycles. The summed E-state index contributed by atoms with van der Waals surface area (Å²) in [7, 11) is 0. The first kappa shape index (κ1) is 12.2. The fraction of sp³-hybridized carbons (Fsp3) is 0.182. The Morgan fingerprint density at radius 3 is 2.53 bits per heavy atom. The molecule has 0 aliphatic carbocycles. The number of halogens is 1. The number of hydrogen-bond acceptors (Lipinski definition) is 3. The summed E-state index contributed by atoms with van der Waals surface area (Å²) in [5.41, 5.74) is 0.584. The van der Waals surface area contributed by atoms with E-state index >= 15 is 0 Å². The van der Waals surface area contributed by atoms with Crippen LogP contribution < -0.4 is 10.6 Å². The van der Waals surface area contributed by atoms with Gasteiger partial charge in [-0.2, -0.15) is 0 Å². The largest absolute Gasteiger partial charge is 0.350 e. The lowest BCUT2D eigenvalue weighted by molar-refractivity contribution is -0.120. The summed E-state index contributed by atoms with van der Waals surface area (Å²) in [6.07, 6.45) is 0.105. The fourth-order valence-corrected chi connectivity index (χ4v) is 2.05. The van der Waals surface area contributed by atoms with Gasteiger partial charge in [0.2, 0.25) is 5.91 Å². The number of carbonyl (C=O) groups excluding carboxylic acids is 2. The molecule has 6 heteroatoms. The van der Waals surface area contributed by atoms with E-state index in [4.69, 9.17) is 12.2 Å². The van der Waals surface area contributed by atoms with Crippen molar-refractivity contribution in [1.82, 2.24) is 10.6 Å². The summed E-state index contributed by atoms with van der Waals surface area (Å²) in [6.45, 7) is 0. The first-order valence-corrected chi connectivity index (χ1v) is 6.16. The lowest BCUT2D eigenvalue weighted by Gasteiger charge is -2.06. The summed E-state index contributed by atoms with van der Waals surface area (Å²) in [4.78, 5) is 23.3. The smallest absolute Gasteiger partial charge is 0.249 e. The van der Waals surface area contributed by atoms with Gasteiger partial charge in [0.05, 0.1) is 0 Å². The normalized spacial score (nSPS) is 18.8. The van der Waals surface area contributed by atoms with Gasteiger partial charge in [0, 0.05) is 16.5 Å². The second-order valence-electron chi connectivity index (χ2n) is 3.65. The van der Waals surface area contributed by atoms with Gasteiger partial charge in [-0.05, 0) is 24.4 Å². The minimum atomic E-state index is -0.557. The summed E-state index contributed by atoms with van der Waals surface area (Å²) < 4.78 is 0.909. The first-order valence-electron chi connectivity index (χ1n) is 4.96. The molecule has 0 saturated carbocycles.